The lowest BCUT2D eigenvalue weighted by atomic mass is 9.97. The van der Waals surface area contributed by atoms with E-state index in [1.54, 1.807) is 0 Å². The summed E-state index contributed by atoms with van der Waals surface area (Å²) in [5.41, 5.74) is 0.507. The first-order valence-electron chi connectivity index (χ1n) is 11.4. The van der Waals surface area contributed by atoms with Crippen LogP contribution in [0.1, 0.15) is 46.5 Å². The van der Waals surface area contributed by atoms with Gasteiger partial charge < -0.3 is 25.1 Å². The second-order valence-electron chi connectivity index (χ2n) is 9.64. The molecule has 7 heteroatoms. The predicted octanol–water partition coefficient (Wildman–Crippen LogP) is 5.57. The van der Waals surface area contributed by atoms with E-state index in [4.69, 9.17) is 9.47 Å². The van der Waals surface area contributed by atoms with Crippen LogP contribution in [0.2, 0.25) is 0 Å². The minimum absolute atomic E-state index is 0.214. The number of aromatic amines is 1. The standard InChI is InChI=1S/C26H31N3O4/c1-25(2,3)33-24(31)29-26(13-6-7-14-26)17-27-18-9-8-10-19(15-18)32-22-16-23(30)28-21-12-5-4-11-20(21)22/h4-5,8-12,15-16,27H,6-7,13-14,17H2,1-3H3,(H,28,30)(H,29,31). The highest BCUT2D eigenvalue weighted by Crippen LogP contribution is 2.32. The number of carbonyl (C=O) groups is 1. The molecular weight excluding hydrogens is 418 g/mol. The smallest absolute Gasteiger partial charge is 0.408 e. The van der Waals surface area contributed by atoms with Crippen LogP contribution in [-0.4, -0.2) is 28.8 Å². The number of hydrogen-bond donors (Lipinski definition) is 3. The Bertz CT molecular complexity index is 1190. The monoisotopic (exact) mass is 449 g/mol. The Morgan fingerprint density at radius 2 is 1.82 bits per heavy atom. The maximum Gasteiger partial charge on any atom is 0.408 e. The van der Waals surface area contributed by atoms with E-state index in [0.717, 1.165) is 42.3 Å². The highest BCUT2D eigenvalue weighted by atomic mass is 16.6. The van der Waals surface area contributed by atoms with Gasteiger partial charge in [0.1, 0.15) is 17.1 Å². The third-order valence-electron chi connectivity index (χ3n) is 5.73. The topological polar surface area (TPSA) is 92.4 Å². The largest absolute Gasteiger partial charge is 0.456 e. The van der Waals surface area contributed by atoms with Gasteiger partial charge in [0.2, 0.25) is 0 Å². The number of hydrogen-bond acceptors (Lipinski definition) is 5. The Kier molecular flexibility index (Phi) is 6.31. The summed E-state index contributed by atoms with van der Waals surface area (Å²) in [6.45, 7) is 6.17. The van der Waals surface area contributed by atoms with E-state index in [9.17, 15) is 9.59 Å². The van der Waals surface area contributed by atoms with Crippen molar-refractivity contribution in [2.24, 2.45) is 0 Å². The van der Waals surface area contributed by atoms with E-state index in [1.165, 1.54) is 6.07 Å². The number of nitrogens with one attached hydrogen (secondary N) is 3. The van der Waals surface area contributed by atoms with Crippen molar-refractivity contribution in [3.63, 3.8) is 0 Å². The van der Waals surface area contributed by atoms with Gasteiger partial charge in [0, 0.05) is 29.8 Å². The van der Waals surface area contributed by atoms with E-state index in [1.807, 2.05) is 69.3 Å². The van der Waals surface area contributed by atoms with Crippen LogP contribution in [-0.2, 0) is 4.74 Å². The lowest BCUT2D eigenvalue weighted by Gasteiger charge is -2.32. The molecule has 1 saturated carbocycles. The summed E-state index contributed by atoms with van der Waals surface area (Å²) in [6.07, 6.45) is 3.54. The maximum absolute atomic E-state index is 12.4. The van der Waals surface area contributed by atoms with E-state index in [-0.39, 0.29) is 17.2 Å². The normalized spacial score (nSPS) is 15.2. The average Bonchev–Trinajstić information content (AvgIpc) is 3.19. The molecule has 1 aromatic heterocycles. The summed E-state index contributed by atoms with van der Waals surface area (Å²) in [5.74, 6) is 1.13. The van der Waals surface area contributed by atoms with Crippen molar-refractivity contribution >= 4 is 22.7 Å². The third-order valence-corrected chi connectivity index (χ3v) is 5.73. The Morgan fingerprint density at radius 1 is 1.06 bits per heavy atom. The van der Waals surface area contributed by atoms with Gasteiger partial charge in [-0.3, -0.25) is 4.79 Å². The van der Waals surface area contributed by atoms with Crippen molar-refractivity contribution in [1.82, 2.24) is 10.3 Å². The zero-order valence-electron chi connectivity index (χ0n) is 19.4. The van der Waals surface area contributed by atoms with Gasteiger partial charge in [-0.05, 0) is 57.9 Å². The molecule has 2 aromatic carbocycles. The second kappa shape index (κ2) is 9.17. The number of ether oxygens (including phenoxy) is 2. The molecule has 0 aliphatic heterocycles. The summed E-state index contributed by atoms with van der Waals surface area (Å²) in [6, 6.07) is 16.6. The van der Waals surface area contributed by atoms with E-state index in [2.05, 4.69) is 15.6 Å². The number of benzene rings is 2. The maximum atomic E-state index is 12.4. The quantitative estimate of drug-likeness (QED) is 0.458. The highest BCUT2D eigenvalue weighted by Gasteiger charge is 2.36. The number of H-pyrrole nitrogens is 1. The highest BCUT2D eigenvalue weighted by molar-refractivity contribution is 5.84. The summed E-state index contributed by atoms with van der Waals surface area (Å²) < 4.78 is 11.6. The van der Waals surface area contributed by atoms with Crippen molar-refractivity contribution in [2.75, 3.05) is 11.9 Å². The molecule has 0 atom stereocenters. The molecule has 1 heterocycles. The summed E-state index contributed by atoms with van der Waals surface area (Å²) in [4.78, 5) is 27.3. The fraction of sp³-hybridized carbons (Fsp3) is 0.385. The first kappa shape index (κ1) is 22.7. The number of rotatable bonds is 6. The minimum atomic E-state index is -0.535. The molecule has 7 nitrogen and oxygen atoms in total. The predicted molar refractivity (Wildman–Crippen MR) is 130 cm³/mol. The van der Waals surface area contributed by atoms with Gasteiger partial charge in [0.25, 0.3) is 5.56 Å². The molecule has 33 heavy (non-hydrogen) atoms. The summed E-state index contributed by atoms with van der Waals surface area (Å²) in [5, 5.41) is 7.39. The first-order valence-corrected chi connectivity index (χ1v) is 11.4. The lowest BCUT2D eigenvalue weighted by Crippen LogP contribution is -2.52. The molecule has 3 N–H and O–H groups in total. The van der Waals surface area contributed by atoms with E-state index in [0.29, 0.717) is 18.0 Å². The fourth-order valence-electron chi connectivity index (χ4n) is 4.24. The Labute approximate surface area is 193 Å². The van der Waals surface area contributed by atoms with Gasteiger partial charge in [0.15, 0.2) is 0 Å². The van der Waals surface area contributed by atoms with Crippen LogP contribution in [0.15, 0.2) is 59.4 Å². The van der Waals surface area contributed by atoms with Gasteiger partial charge in [-0.25, -0.2) is 4.79 Å². The molecule has 0 saturated heterocycles. The summed E-state index contributed by atoms with van der Waals surface area (Å²) in [7, 11) is 0. The number of carbonyl (C=O) groups excluding carboxylic acids is 1. The number of aromatic nitrogens is 1. The molecular formula is C26H31N3O4. The molecule has 1 aliphatic carbocycles. The van der Waals surface area contributed by atoms with Crippen LogP contribution in [0, 0.1) is 0 Å². The Balaban J connectivity index is 1.47. The molecule has 3 aromatic rings. The zero-order chi connectivity index (χ0) is 23.5. The van der Waals surface area contributed by atoms with E-state index < -0.39 is 5.60 Å². The number of alkyl carbamates (subject to hydrolysis) is 1. The van der Waals surface area contributed by atoms with Gasteiger partial charge in [-0.15, -0.1) is 0 Å². The van der Waals surface area contributed by atoms with Crippen LogP contribution in [0.25, 0.3) is 10.9 Å². The molecule has 0 radical (unpaired) electrons. The number of fused-ring (bicyclic) bond motifs is 1. The van der Waals surface area contributed by atoms with Crippen molar-refractivity contribution < 1.29 is 14.3 Å². The molecule has 1 fully saturated rings. The molecule has 0 unspecified atom stereocenters. The van der Waals surface area contributed by atoms with E-state index >= 15 is 0 Å². The van der Waals surface area contributed by atoms with Crippen molar-refractivity contribution in [1.29, 1.82) is 0 Å². The molecule has 0 spiro atoms. The SMILES string of the molecule is CC(C)(C)OC(=O)NC1(CNc2cccc(Oc3cc(=O)[nH]c4ccccc34)c2)CCCC1. The van der Waals surface area contributed by atoms with Crippen LogP contribution in [0.5, 0.6) is 11.5 Å². The van der Waals surface area contributed by atoms with Gasteiger partial charge in [-0.2, -0.15) is 0 Å². The number of para-hydroxylation sites is 1. The number of amides is 1. The molecule has 1 aliphatic rings. The van der Waals surface area contributed by atoms with Crippen LogP contribution in [0.4, 0.5) is 10.5 Å². The lowest BCUT2D eigenvalue weighted by molar-refractivity contribution is 0.0463. The van der Waals surface area contributed by atoms with Crippen molar-refractivity contribution in [2.45, 2.75) is 57.6 Å². The zero-order valence-corrected chi connectivity index (χ0v) is 19.4. The van der Waals surface area contributed by atoms with Crippen molar-refractivity contribution in [3.05, 3.63) is 65.0 Å². The minimum Gasteiger partial charge on any atom is -0.456 e. The Morgan fingerprint density at radius 3 is 2.58 bits per heavy atom. The fourth-order valence-corrected chi connectivity index (χ4v) is 4.24. The average molecular weight is 450 g/mol. The Hall–Kier alpha value is -3.48. The van der Waals surface area contributed by atoms with Crippen LogP contribution in [0.3, 0.4) is 0 Å². The number of anilines is 1. The van der Waals surface area contributed by atoms with Gasteiger partial charge >= 0.3 is 6.09 Å². The van der Waals surface area contributed by atoms with Gasteiger partial charge in [0.05, 0.1) is 11.1 Å². The second-order valence-corrected chi connectivity index (χ2v) is 9.64. The van der Waals surface area contributed by atoms with Crippen LogP contribution < -0.4 is 20.9 Å². The number of pyridine rings is 1. The molecule has 1 amide bonds. The summed E-state index contributed by atoms with van der Waals surface area (Å²) >= 11 is 0. The molecule has 174 valence electrons. The third kappa shape index (κ3) is 5.86. The molecule has 0 bridgehead atoms. The van der Waals surface area contributed by atoms with Gasteiger partial charge in [-0.1, -0.05) is 31.0 Å². The molecule has 4 rings (SSSR count). The van der Waals surface area contributed by atoms with Crippen molar-refractivity contribution in [3.8, 4) is 11.5 Å². The van der Waals surface area contributed by atoms with Crippen LogP contribution >= 0.6 is 0 Å². The first-order chi connectivity index (χ1) is 15.7.